The van der Waals surface area contributed by atoms with Gasteiger partial charge in [-0.25, -0.2) is 13.1 Å². The van der Waals surface area contributed by atoms with Crippen LogP contribution in [-0.2, 0) is 14.8 Å². The fourth-order valence-electron chi connectivity index (χ4n) is 3.75. The number of likely N-dealkylation sites (tertiary alicyclic amines) is 1. The van der Waals surface area contributed by atoms with Gasteiger partial charge in [-0.2, -0.15) is 0 Å². The number of amides is 1. The van der Waals surface area contributed by atoms with E-state index in [1.165, 1.54) is 25.7 Å². The van der Waals surface area contributed by atoms with Crippen molar-refractivity contribution in [3.05, 3.63) is 29.8 Å². The Morgan fingerprint density at radius 3 is 2.73 bits per heavy atom. The third-order valence-electron chi connectivity index (χ3n) is 5.43. The van der Waals surface area contributed by atoms with Gasteiger partial charge >= 0.3 is 0 Å². The third-order valence-corrected chi connectivity index (χ3v) is 6.89. The molecule has 2 aliphatic rings. The van der Waals surface area contributed by atoms with Gasteiger partial charge in [0, 0.05) is 38.9 Å². The molecule has 7 nitrogen and oxygen atoms in total. The van der Waals surface area contributed by atoms with Crippen LogP contribution in [0.25, 0.3) is 0 Å². The molecule has 2 fully saturated rings. The Hall–Kier alpha value is -1.48. The first-order valence-corrected chi connectivity index (χ1v) is 10.5. The van der Waals surface area contributed by atoms with Gasteiger partial charge in [-0.1, -0.05) is 6.07 Å². The van der Waals surface area contributed by atoms with E-state index in [2.05, 4.69) is 10.0 Å². The minimum atomic E-state index is -3.65. The van der Waals surface area contributed by atoms with Crippen LogP contribution in [-0.4, -0.2) is 65.7 Å². The number of hydrogen-bond acceptors (Lipinski definition) is 5. The highest BCUT2D eigenvalue weighted by atomic mass is 32.2. The van der Waals surface area contributed by atoms with Gasteiger partial charge in [0.25, 0.3) is 5.91 Å². The maximum Gasteiger partial charge on any atom is 0.253 e. The Balaban J connectivity index is 1.67. The molecule has 1 aromatic carbocycles. The molecule has 0 unspecified atom stereocenters. The van der Waals surface area contributed by atoms with Crippen molar-refractivity contribution in [2.45, 2.75) is 24.2 Å². The molecule has 3 rings (SSSR count). The Morgan fingerprint density at radius 2 is 2.08 bits per heavy atom. The molecule has 144 valence electrons. The van der Waals surface area contributed by atoms with Gasteiger partial charge in [-0.3, -0.25) is 4.79 Å². The molecule has 2 N–H and O–H groups in total. The lowest BCUT2D eigenvalue weighted by Crippen LogP contribution is -2.44. The topological polar surface area (TPSA) is 87.7 Å². The molecular weight excluding hydrogens is 354 g/mol. The van der Waals surface area contributed by atoms with Crippen LogP contribution >= 0.6 is 0 Å². The second-order valence-electron chi connectivity index (χ2n) is 7.14. The van der Waals surface area contributed by atoms with E-state index < -0.39 is 10.0 Å². The summed E-state index contributed by atoms with van der Waals surface area (Å²) in [4.78, 5) is 14.8. The minimum Gasteiger partial charge on any atom is -0.383 e. The van der Waals surface area contributed by atoms with Crippen LogP contribution < -0.4 is 10.0 Å². The summed E-state index contributed by atoms with van der Waals surface area (Å²) in [7, 11) is -2.13. The van der Waals surface area contributed by atoms with E-state index in [0.29, 0.717) is 17.6 Å². The molecule has 2 saturated heterocycles. The monoisotopic (exact) mass is 381 g/mol. The average Bonchev–Trinajstić information content (AvgIpc) is 3.10. The van der Waals surface area contributed by atoms with Crippen LogP contribution in [0, 0.1) is 5.41 Å². The molecule has 0 bridgehead atoms. The van der Waals surface area contributed by atoms with Gasteiger partial charge < -0.3 is 15.0 Å². The lowest BCUT2D eigenvalue weighted by molar-refractivity contribution is 0.0607. The van der Waals surface area contributed by atoms with Gasteiger partial charge in [-0.05, 0) is 49.4 Å². The molecule has 0 atom stereocenters. The van der Waals surface area contributed by atoms with Crippen molar-refractivity contribution in [1.29, 1.82) is 0 Å². The zero-order valence-corrected chi connectivity index (χ0v) is 16.0. The van der Waals surface area contributed by atoms with Crippen LogP contribution in [0.1, 0.15) is 29.6 Å². The molecule has 0 saturated carbocycles. The van der Waals surface area contributed by atoms with Crippen LogP contribution in [0.15, 0.2) is 29.2 Å². The number of ether oxygens (including phenoxy) is 1. The average molecular weight is 381 g/mol. The van der Waals surface area contributed by atoms with Crippen molar-refractivity contribution in [2.75, 3.05) is 46.4 Å². The van der Waals surface area contributed by atoms with Gasteiger partial charge in [0.1, 0.15) is 0 Å². The number of hydrogen-bond donors (Lipinski definition) is 2. The predicted molar refractivity (Wildman–Crippen MR) is 98.6 cm³/mol. The molecule has 0 radical (unpaired) electrons. The largest absolute Gasteiger partial charge is 0.383 e. The van der Waals surface area contributed by atoms with Crippen molar-refractivity contribution in [3.63, 3.8) is 0 Å². The molecule has 2 heterocycles. The van der Waals surface area contributed by atoms with E-state index in [1.54, 1.807) is 12.1 Å². The number of benzene rings is 1. The number of carbonyl (C=O) groups is 1. The summed E-state index contributed by atoms with van der Waals surface area (Å²) in [5, 5.41) is 3.42. The number of nitrogens with one attached hydrogen (secondary N) is 2. The van der Waals surface area contributed by atoms with Crippen molar-refractivity contribution >= 4 is 15.9 Å². The molecule has 8 heteroatoms. The number of carbonyl (C=O) groups excluding carboxylic acids is 1. The summed E-state index contributed by atoms with van der Waals surface area (Å²) < 4.78 is 32.0. The van der Waals surface area contributed by atoms with Gasteiger partial charge in [-0.15, -0.1) is 0 Å². The second-order valence-corrected chi connectivity index (χ2v) is 8.90. The SMILES string of the molecule is COCCNS(=O)(=O)c1cccc(C(=O)N2CCC3(CCNC3)CC2)c1. The molecule has 0 aliphatic carbocycles. The molecule has 2 aliphatic heterocycles. The fraction of sp³-hybridized carbons (Fsp3) is 0.611. The van der Waals surface area contributed by atoms with Crippen LogP contribution in [0.3, 0.4) is 0 Å². The lowest BCUT2D eigenvalue weighted by atomic mass is 9.78. The smallest absolute Gasteiger partial charge is 0.253 e. The van der Waals surface area contributed by atoms with Crippen molar-refractivity contribution in [2.24, 2.45) is 5.41 Å². The number of piperidine rings is 1. The molecule has 1 amide bonds. The zero-order valence-electron chi connectivity index (χ0n) is 15.2. The van der Waals surface area contributed by atoms with Crippen LogP contribution in [0.2, 0.25) is 0 Å². The summed E-state index contributed by atoms with van der Waals surface area (Å²) in [6.45, 7) is 4.04. The summed E-state index contributed by atoms with van der Waals surface area (Å²) in [5.41, 5.74) is 0.757. The summed E-state index contributed by atoms with van der Waals surface area (Å²) in [5.74, 6) is -0.0975. The number of nitrogens with zero attached hydrogens (tertiary/aromatic N) is 1. The molecule has 1 spiro atoms. The van der Waals surface area contributed by atoms with E-state index in [0.717, 1.165) is 39.0 Å². The quantitative estimate of drug-likeness (QED) is 0.713. The highest BCUT2D eigenvalue weighted by molar-refractivity contribution is 7.89. The Kier molecular flexibility index (Phi) is 5.96. The van der Waals surface area contributed by atoms with Crippen LogP contribution in [0.5, 0.6) is 0 Å². The van der Waals surface area contributed by atoms with Gasteiger partial charge in [0.05, 0.1) is 11.5 Å². The molecular formula is C18H27N3O4S. The first kappa shape index (κ1) is 19.3. The van der Waals surface area contributed by atoms with Crippen molar-refractivity contribution in [3.8, 4) is 0 Å². The zero-order chi connectivity index (χ0) is 18.6. The Labute approximate surface area is 155 Å². The normalized spacial score (nSPS) is 19.8. The molecule has 0 aromatic heterocycles. The fourth-order valence-corrected chi connectivity index (χ4v) is 4.81. The van der Waals surface area contributed by atoms with E-state index in [1.807, 2.05) is 4.90 Å². The third kappa shape index (κ3) is 4.25. The second kappa shape index (κ2) is 8.04. The van der Waals surface area contributed by atoms with E-state index in [-0.39, 0.29) is 17.3 Å². The summed E-state index contributed by atoms with van der Waals surface area (Å²) in [6, 6.07) is 6.25. The summed E-state index contributed by atoms with van der Waals surface area (Å²) in [6.07, 6.45) is 3.18. The van der Waals surface area contributed by atoms with E-state index in [9.17, 15) is 13.2 Å². The predicted octanol–water partition coefficient (Wildman–Crippen LogP) is 0.827. The van der Waals surface area contributed by atoms with Crippen LogP contribution in [0.4, 0.5) is 0 Å². The number of methoxy groups -OCH3 is 1. The number of rotatable bonds is 6. The first-order chi connectivity index (χ1) is 12.5. The maximum atomic E-state index is 12.8. The van der Waals surface area contributed by atoms with E-state index in [4.69, 9.17) is 4.74 Å². The van der Waals surface area contributed by atoms with Gasteiger partial charge in [0.2, 0.25) is 10.0 Å². The summed E-state index contributed by atoms with van der Waals surface area (Å²) >= 11 is 0. The Morgan fingerprint density at radius 1 is 1.31 bits per heavy atom. The van der Waals surface area contributed by atoms with Gasteiger partial charge in [0.15, 0.2) is 0 Å². The highest BCUT2D eigenvalue weighted by Gasteiger charge is 2.38. The highest BCUT2D eigenvalue weighted by Crippen LogP contribution is 2.37. The van der Waals surface area contributed by atoms with E-state index >= 15 is 0 Å². The van der Waals surface area contributed by atoms with Crippen molar-refractivity contribution in [1.82, 2.24) is 14.9 Å². The minimum absolute atomic E-state index is 0.0975. The van der Waals surface area contributed by atoms with Crippen molar-refractivity contribution < 1.29 is 17.9 Å². The molecule has 26 heavy (non-hydrogen) atoms. The Bertz CT molecular complexity index is 735. The number of sulfonamides is 1. The molecule has 1 aromatic rings. The first-order valence-electron chi connectivity index (χ1n) is 9.04. The standard InChI is InChI=1S/C18H27N3O4S/c1-25-12-9-20-26(23,24)16-4-2-3-15(13-16)17(22)21-10-6-18(7-11-21)5-8-19-14-18/h2-4,13,19-20H,5-12,14H2,1H3. The maximum absolute atomic E-state index is 12.8. The lowest BCUT2D eigenvalue weighted by Gasteiger charge is -2.38.